The van der Waals surface area contributed by atoms with Gasteiger partial charge in [-0.1, -0.05) is 68.3 Å². The zero-order valence-electron chi connectivity index (χ0n) is 20.5. The Balaban J connectivity index is 1.52. The highest BCUT2D eigenvalue weighted by Gasteiger charge is 2.26. The molecular formula is C25H28N6O3S3. The van der Waals surface area contributed by atoms with Gasteiger partial charge < -0.3 is 15.5 Å². The molecule has 2 aromatic heterocycles. The molecule has 2 unspecified atom stereocenters. The number of nitrogens with zero attached hydrogens (tertiary/aromatic N) is 5. The van der Waals surface area contributed by atoms with Crippen LogP contribution >= 0.6 is 34.4 Å². The number of carbonyl (C=O) groups is 1. The Kier molecular flexibility index (Phi) is 9.42. The van der Waals surface area contributed by atoms with Crippen molar-refractivity contribution in [3.63, 3.8) is 0 Å². The predicted octanol–water partition coefficient (Wildman–Crippen LogP) is 7.33. The molecule has 0 aliphatic rings. The number of hydrogen-bond acceptors (Lipinski definition) is 11. The summed E-state index contributed by atoms with van der Waals surface area (Å²) in [5.41, 5.74) is 0.901. The lowest BCUT2D eigenvalue weighted by Gasteiger charge is -2.12. The molecule has 0 bridgehead atoms. The van der Waals surface area contributed by atoms with E-state index >= 15 is 0 Å². The SMILES string of the molecule is CCCCC(CC)CSc1nnc(N=NC(C(=O)Nc2ccc(O)cc2O)c2nc3ccccc3s2)s1. The van der Waals surface area contributed by atoms with E-state index in [-0.39, 0.29) is 17.2 Å². The molecule has 0 spiro atoms. The predicted molar refractivity (Wildman–Crippen MR) is 149 cm³/mol. The van der Waals surface area contributed by atoms with Crippen LogP contribution in [0.3, 0.4) is 0 Å². The number of aromatic nitrogens is 3. The van der Waals surface area contributed by atoms with Gasteiger partial charge in [-0.25, -0.2) is 4.98 Å². The summed E-state index contributed by atoms with van der Waals surface area (Å²) >= 11 is 4.36. The van der Waals surface area contributed by atoms with Crippen LogP contribution in [-0.4, -0.2) is 37.1 Å². The summed E-state index contributed by atoms with van der Waals surface area (Å²) in [6, 6.07) is 10.4. The van der Waals surface area contributed by atoms with Crippen molar-refractivity contribution in [1.82, 2.24) is 15.2 Å². The van der Waals surface area contributed by atoms with E-state index in [1.54, 1.807) is 11.8 Å². The van der Waals surface area contributed by atoms with Gasteiger partial charge in [-0.15, -0.1) is 26.6 Å². The van der Waals surface area contributed by atoms with Gasteiger partial charge >= 0.3 is 0 Å². The number of thioether (sulfide) groups is 1. The number of unbranched alkanes of at least 4 members (excludes halogenated alkanes) is 1. The lowest BCUT2D eigenvalue weighted by molar-refractivity contribution is -0.117. The van der Waals surface area contributed by atoms with Gasteiger partial charge in [-0.05, 0) is 36.6 Å². The van der Waals surface area contributed by atoms with E-state index in [2.05, 4.69) is 44.6 Å². The lowest BCUT2D eigenvalue weighted by Crippen LogP contribution is -2.19. The molecule has 2 atom stereocenters. The summed E-state index contributed by atoms with van der Waals surface area (Å²) in [6.45, 7) is 4.42. The van der Waals surface area contributed by atoms with Crippen molar-refractivity contribution >= 4 is 61.4 Å². The first-order valence-corrected chi connectivity index (χ1v) is 14.6. The summed E-state index contributed by atoms with van der Waals surface area (Å²) in [5.74, 6) is 0.726. The van der Waals surface area contributed by atoms with Gasteiger partial charge in [0.1, 0.15) is 16.5 Å². The molecule has 9 nitrogen and oxygen atoms in total. The number of phenols is 2. The number of para-hydroxylation sites is 1. The van der Waals surface area contributed by atoms with E-state index in [1.807, 2.05) is 24.3 Å². The van der Waals surface area contributed by atoms with Crippen molar-refractivity contribution in [2.75, 3.05) is 11.1 Å². The molecule has 0 aliphatic carbocycles. The van der Waals surface area contributed by atoms with E-state index in [0.717, 1.165) is 32.8 Å². The Morgan fingerprint density at radius 1 is 1.14 bits per heavy atom. The maximum atomic E-state index is 13.2. The average molecular weight is 557 g/mol. The Morgan fingerprint density at radius 2 is 1.97 bits per heavy atom. The van der Waals surface area contributed by atoms with Crippen molar-refractivity contribution in [2.24, 2.45) is 16.1 Å². The van der Waals surface area contributed by atoms with Gasteiger partial charge in [0.25, 0.3) is 11.0 Å². The monoisotopic (exact) mass is 556 g/mol. The molecule has 37 heavy (non-hydrogen) atoms. The second-order valence-corrected chi connectivity index (χ2v) is 11.7. The Hall–Kier alpha value is -3.09. The van der Waals surface area contributed by atoms with Crippen LogP contribution in [0.2, 0.25) is 0 Å². The first-order valence-electron chi connectivity index (χ1n) is 12.0. The second-order valence-electron chi connectivity index (χ2n) is 8.41. The number of nitrogens with one attached hydrogen (secondary N) is 1. The van der Waals surface area contributed by atoms with Crippen molar-refractivity contribution in [1.29, 1.82) is 0 Å². The van der Waals surface area contributed by atoms with E-state index < -0.39 is 11.9 Å². The third-order valence-electron chi connectivity index (χ3n) is 5.67. The highest BCUT2D eigenvalue weighted by molar-refractivity contribution is 8.01. The number of thiazole rings is 1. The van der Waals surface area contributed by atoms with Crippen LogP contribution in [0, 0.1) is 5.92 Å². The van der Waals surface area contributed by atoms with Crippen LogP contribution in [-0.2, 0) is 4.79 Å². The van der Waals surface area contributed by atoms with Crippen LogP contribution in [0.25, 0.3) is 10.2 Å². The minimum absolute atomic E-state index is 0.113. The molecule has 194 valence electrons. The second kappa shape index (κ2) is 12.9. The summed E-state index contributed by atoms with van der Waals surface area (Å²) in [7, 11) is 0. The third kappa shape index (κ3) is 7.24. The molecule has 4 rings (SSSR count). The minimum atomic E-state index is -1.07. The zero-order chi connectivity index (χ0) is 26.2. The normalized spacial score (nSPS) is 13.2. The zero-order valence-corrected chi connectivity index (χ0v) is 22.9. The molecule has 0 aliphatic heterocycles. The van der Waals surface area contributed by atoms with Crippen LogP contribution in [0.1, 0.15) is 50.6 Å². The molecule has 0 saturated carbocycles. The van der Waals surface area contributed by atoms with Crippen LogP contribution in [0.4, 0.5) is 10.8 Å². The summed E-state index contributed by atoms with van der Waals surface area (Å²) in [5, 5.41) is 40.0. The molecular weight excluding hydrogens is 529 g/mol. The molecule has 4 aromatic rings. The molecule has 1 amide bonds. The number of phenolic OH excluding ortho intramolecular Hbond substituents is 2. The molecule has 12 heteroatoms. The van der Waals surface area contributed by atoms with Crippen molar-refractivity contribution in [3.05, 3.63) is 47.5 Å². The number of benzene rings is 2. The van der Waals surface area contributed by atoms with E-state index in [9.17, 15) is 15.0 Å². The molecule has 2 aromatic carbocycles. The average Bonchev–Trinajstić information content (AvgIpc) is 3.53. The van der Waals surface area contributed by atoms with Gasteiger partial charge in [-0.3, -0.25) is 4.79 Å². The fourth-order valence-corrected chi connectivity index (χ4v) is 6.49. The quantitative estimate of drug-likeness (QED) is 0.0720. The molecule has 0 saturated heterocycles. The van der Waals surface area contributed by atoms with E-state index in [4.69, 9.17) is 0 Å². The summed E-state index contributed by atoms with van der Waals surface area (Å²) in [6.07, 6.45) is 4.76. The standard InChI is InChI=1S/C25H28N6O3S3/c1-3-5-8-15(4-2)14-35-25-31-30-24(37-25)29-28-21(23-27-18-9-6-7-10-20(18)36-23)22(34)26-17-12-11-16(32)13-19(17)33/h6-7,9-13,15,21,32-33H,3-5,8,14H2,1-2H3,(H,26,34). The maximum absolute atomic E-state index is 13.2. The maximum Gasteiger partial charge on any atom is 0.258 e. The molecule has 2 heterocycles. The molecule has 3 N–H and O–H groups in total. The first-order chi connectivity index (χ1) is 18.0. The Bertz CT molecular complexity index is 1340. The summed E-state index contributed by atoms with van der Waals surface area (Å²) in [4.78, 5) is 17.8. The molecule has 0 fully saturated rings. The third-order valence-corrected chi connectivity index (χ3v) is 8.93. The van der Waals surface area contributed by atoms with Gasteiger partial charge in [0, 0.05) is 11.8 Å². The number of amides is 1. The van der Waals surface area contributed by atoms with Crippen LogP contribution in [0.15, 0.2) is 57.0 Å². The number of aromatic hydroxyl groups is 2. The number of carbonyl (C=O) groups excluding carboxylic acids is 1. The van der Waals surface area contributed by atoms with Crippen LogP contribution in [0.5, 0.6) is 11.5 Å². The highest BCUT2D eigenvalue weighted by Crippen LogP contribution is 2.34. The number of azo groups is 1. The molecule has 0 radical (unpaired) electrons. The number of fused-ring (bicyclic) bond motifs is 1. The van der Waals surface area contributed by atoms with Gasteiger partial charge in [-0.2, -0.15) is 5.11 Å². The lowest BCUT2D eigenvalue weighted by atomic mass is 10.0. The van der Waals surface area contributed by atoms with Gasteiger partial charge in [0.05, 0.1) is 15.9 Å². The number of anilines is 1. The van der Waals surface area contributed by atoms with E-state index in [1.165, 1.54) is 54.1 Å². The fourth-order valence-electron chi connectivity index (χ4n) is 3.54. The van der Waals surface area contributed by atoms with Crippen LogP contribution < -0.4 is 5.32 Å². The summed E-state index contributed by atoms with van der Waals surface area (Å²) < 4.78 is 1.74. The topological polar surface area (TPSA) is 133 Å². The Labute approximate surface area is 227 Å². The minimum Gasteiger partial charge on any atom is -0.508 e. The fraction of sp³-hybridized carbons (Fsp3) is 0.360. The number of rotatable bonds is 12. The number of hydrogen-bond donors (Lipinski definition) is 3. The van der Waals surface area contributed by atoms with Crippen molar-refractivity contribution < 1.29 is 15.0 Å². The van der Waals surface area contributed by atoms with Crippen molar-refractivity contribution in [2.45, 2.75) is 49.9 Å². The van der Waals surface area contributed by atoms with Gasteiger partial charge in [0.15, 0.2) is 4.34 Å². The van der Waals surface area contributed by atoms with Crippen molar-refractivity contribution in [3.8, 4) is 11.5 Å². The van der Waals surface area contributed by atoms with Gasteiger partial charge in [0.2, 0.25) is 6.04 Å². The Morgan fingerprint density at radius 3 is 2.73 bits per heavy atom. The van der Waals surface area contributed by atoms with E-state index in [0.29, 0.717) is 16.1 Å². The largest absolute Gasteiger partial charge is 0.508 e. The first kappa shape index (κ1) is 27.0. The highest BCUT2D eigenvalue weighted by atomic mass is 32.2. The smallest absolute Gasteiger partial charge is 0.258 e.